The smallest absolute Gasteiger partial charge is 0.199 e. The number of benzene rings is 1. The molecule has 3 unspecified atom stereocenters. The fraction of sp³-hybridized carbons (Fsp3) is 0.727. The number of aldehydes is 1. The third kappa shape index (κ3) is 9.14. The summed E-state index contributed by atoms with van der Waals surface area (Å²) in [5.74, 6) is 1.49. The SMILES string of the molecule is CC(C)(C)[Si](C)(C)OC1C[C@H](OC2CCCCO2)[C@H](/C(=C\CCOc2ccccc2)OC2CCCCO2)[C@@H]1CC=O. The molecule has 2 aliphatic heterocycles. The minimum absolute atomic E-state index is 0.0551. The fourth-order valence-corrected chi connectivity index (χ4v) is 7.20. The third-order valence-electron chi connectivity index (χ3n) is 9.10. The molecule has 230 valence electrons. The molecule has 1 aromatic rings. The van der Waals surface area contributed by atoms with E-state index in [0.29, 0.717) is 32.5 Å². The van der Waals surface area contributed by atoms with Gasteiger partial charge in [-0.05, 0) is 74.9 Å². The molecule has 41 heavy (non-hydrogen) atoms. The molecule has 1 aliphatic carbocycles. The first-order chi connectivity index (χ1) is 19.7. The molecule has 4 rings (SSSR count). The van der Waals surface area contributed by atoms with Crippen molar-refractivity contribution in [3.63, 3.8) is 0 Å². The van der Waals surface area contributed by atoms with Gasteiger partial charge in [-0.25, -0.2) is 0 Å². The van der Waals surface area contributed by atoms with Crippen LogP contribution in [-0.4, -0.2) is 59.2 Å². The zero-order chi connectivity index (χ0) is 29.3. The monoisotopic (exact) mass is 588 g/mol. The van der Waals surface area contributed by atoms with Crippen LogP contribution in [0.25, 0.3) is 0 Å². The highest BCUT2D eigenvalue weighted by Crippen LogP contribution is 2.47. The van der Waals surface area contributed by atoms with Gasteiger partial charge in [0, 0.05) is 37.7 Å². The average Bonchev–Trinajstić information content (AvgIpc) is 3.27. The third-order valence-corrected chi connectivity index (χ3v) is 13.6. The van der Waals surface area contributed by atoms with Gasteiger partial charge in [0.15, 0.2) is 20.9 Å². The van der Waals surface area contributed by atoms with Crippen LogP contribution in [0.3, 0.4) is 0 Å². The van der Waals surface area contributed by atoms with E-state index in [2.05, 4.69) is 39.9 Å². The molecule has 1 saturated carbocycles. The van der Waals surface area contributed by atoms with Gasteiger partial charge >= 0.3 is 0 Å². The molecular formula is C33H52O7Si. The number of hydrogen-bond acceptors (Lipinski definition) is 7. The zero-order valence-corrected chi connectivity index (χ0v) is 26.8. The van der Waals surface area contributed by atoms with Crippen LogP contribution < -0.4 is 4.74 Å². The minimum atomic E-state index is -2.11. The van der Waals surface area contributed by atoms with Crippen molar-refractivity contribution >= 4 is 14.6 Å². The van der Waals surface area contributed by atoms with E-state index < -0.39 is 8.32 Å². The van der Waals surface area contributed by atoms with Crippen LogP contribution in [0.5, 0.6) is 5.75 Å². The number of ether oxygens (including phenoxy) is 5. The highest BCUT2D eigenvalue weighted by atomic mass is 28.4. The summed E-state index contributed by atoms with van der Waals surface area (Å²) in [4.78, 5) is 12.1. The van der Waals surface area contributed by atoms with Crippen molar-refractivity contribution in [2.45, 2.75) is 121 Å². The average molecular weight is 589 g/mol. The standard InChI is InChI=1S/C33H52O7Si/c1-33(2,3)41(4,5)40-28-24-29(39-31-18-10-12-22-37-31)32(26(28)19-20-34)27(38-30-17-9-11-21-36-30)16-13-23-35-25-14-7-6-8-15-25/h6-8,14-16,20,26,28-32H,9-13,17-19,21-24H2,1-5H3/b27-16+/t26-,28?,29+,30?,31?,32+/m1/s1. The predicted molar refractivity (Wildman–Crippen MR) is 162 cm³/mol. The Morgan fingerprint density at radius 3 is 2.27 bits per heavy atom. The summed E-state index contributed by atoms with van der Waals surface area (Å²) in [6, 6.07) is 9.85. The molecule has 6 atom stereocenters. The van der Waals surface area contributed by atoms with Crippen LogP contribution in [0, 0.1) is 11.8 Å². The van der Waals surface area contributed by atoms with Crippen LogP contribution in [0.1, 0.15) is 78.6 Å². The van der Waals surface area contributed by atoms with Gasteiger partial charge in [0.1, 0.15) is 17.8 Å². The molecule has 0 radical (unpaired) electrons. The van der Waals surface area contributed by atoms with E-state index in [1.807, 2.05) is 30.3 Å². The molecule has 2 heterocycles. The Hall–Kier alpha value is -1.71. The molecule has 2 saturated heterocycles. The van der Waals surface area contributed by atoms with Gasteiger partial charge < -0.3 is 32.9 Å². The van der Waals surface area contributed by atoms with Gasteiger partial charge in [0.2, 0.25) is 0 Å². The van der Waals surface area contributed by atoms with Crippen molar-refractivity contribution in [3.05, 3.63) is 42.2 Å². The van der Waals surface area contributed by atoms with Crippen LogP contribution >= 0.6 is 0 Å². The highest BCUT2D eigenvalue weighted by molar-refractivity contribution is 6.74. The lowest BCUT2D eigenvalue weighted by Crippen LogP contribution is -2.45. The maximum Gasteiger partial charge on any atom is 0.199 e. The van der Waals surface area contributed by atoms with E-state index in [9.17, 15) is 4.79 Å². The Bertz CT molecular complexity index is 948. The molecule has 7 nitrogen and oxygen atoms in total. The Morgan fingerprint density at radius 1 is 0.976 bits per heavy atom. The number of para-hydroxylation sites is 1. The molecule has 0 bridgehead atoms. The van der Waals surface area contributed by atoms with Crippen molar-refractivity contribution in [3.8, 4) is 5.75 Å². The predicted octanol–water partition coefficient (Wildman–Crippen LogP) is 7.41. The Kier molecular flexibility index (Phi) is 11.9. The van der Waals surface area contributed by atoms with Gasteiger partial charge in [-0.15, -0.1) is 0 Å². The van der Waals surface area contributed by atoms with Gasteiger partial charge in [-0.1, -0.05) is 39.0 Å². The second kappa shape index (κ2) is 15.1. The summed E-state index contributed by atoms with van der Waals surface area (Å²) in [6.07, 6.45) is 10.1. The van der Waals surface area contributed by atoms with E-state index in [4.69, 9.17) is 28.1 Å². The Morgan fingerprint density at radius 2 is 1.66 bits per heavy atom. The van der Waals surface area contributed by atoms with Crippen molar-refractivity contribution in [2.75, 3.05) is 19.8 Å². The van der Waals surface area contributed by atoms with E-state index in [0.717, 1.165) is 62.9 Å². The summed E-state index contributed by atoms with van der Waals surface area (Å²) in [5.41, 5.74) is 0. The molecule has 1 aromatic carbocycles. The molecule has 0 aromatic heterocycles. The van der Waals surface area contributed by atoms with Crippen molar-refractivity contribution in [1.82, 2.24) is 0 Å². The maximum atomic E-state index is 12.1. The summed E-state index contributed by atoms with van der Waals surface area (Å²) in [5, 5.41) is 0.0551. The normalized spacial score (nSPS) is 29.7. The zero-order valence-electron chi connectivity index (χ0n) is 25.8. The molecule has 0 spiro atoms. The van der Waals surface area contributed by atoms with Crippen molar-refractivity contribution in [2.24, 2.45) is 11.8 Å². The quantitative estimate of drug-likeness (QED) is 0.103. The van der Waals surface area contributed by atoms with Gasteiger partial charge in [0.25, 0.3) is 0 Å². The minimum Gasteiger partial charge on any atom is -0.493 e. The first-order valence-corrected chi connectivity index (χ1v) is 18.6. The summed E-state index contributed by atoms with van der Waals surface area (Å²) < 4.78 is 38.5. The van der Waals surface area contributed by atoms with E-state index in [-0.39, 0.29) is 41.7 Å². The van der Waals surface area contributed by atoms with Gasteiger partial charge in [0.05, 0.1) is 25.4 Å². The lowest BCUT2D eigenvalue weighted by atomic mass is 9.88. The second-order valence-corrected chi connectivity index (χ2v) is 17.9. The molecule has 8 heteroatoms. The van der Waals surface area contributed by atoms with Gasteiger partial charge in [-0.2, -0.15) is 0 Å². The molecule has 3 fully saturated rings. The molecule has 0 amide bonds. The summed E-state index contributed by atoms with van der Waals surface area (Å²) in [6.45, 7) is 13.3. The van der Waals surface area contributed by atoms with E-state index >= 15 is 0 Å². The number of rotatable bonds is 13. The fourth-order valence-electron chi connectivity index (χ4n) is 5.82. The van der Waals surface area contributed by atoms with Crippen LogP contribution in [-0.2, 0) is 28.2 Å². The molecule has 3 aliphatic rings. The Labute approximate surface area is 248 Å². The highest BCUT2D eigenvalue weighted by Gasteiger charge is 2.51. The number of carbonyl (C=O) groups is 1. The van der Waals surface area contributed by atoms with Crippen LogP contribution in [0.15, 0.2) is 42.2 Å². The lowest BCUT2D eigenvalue weighted by molar-refractivity contribution is -0.201. The largest absolute Gasteiger partial charge is 0.493 e. The van der Waals surface area contributed by atoms with Crippen molar-refractivity contribution < 1.29 is 32.9 Å². The maximum absolute atomic E-state index is 12.1. The van der Waals surface area contributed by atoms with E-state index in [1.54, 1.807) is 0 Å². The molecular weight excluding hydrogens is 536 g/mol. The second-order valence-electron chi connectivity index (χ2n) is 13.2. The van der Waals surface area contributed by atoms with Gasteiger partial charge in [-0.3, -0.25) is 0 Å². The number of hydrogen-bond donors (Lipinski definition) is 0. The first-order valence-electron chi connectivity index (χ1n) is 15.7. The van der Waals surface area contributed by atoms with Crippen LogP contribution in [0.2, 0.25) is 18.1 Å². The number of carbonyl (C=O) groups excluding carboxylic acids is 1. The first kappa shape index (κ1) is 32.2. The topological polar surface area (TPSA) is 72.5 Å². The van der Waals surface area contributed by atoms with E-state index in [1.165, 1.54) is 0 Å². The summed E-state index contributed by atoms with van der Waals surface area (Å²) >= 11 is 0. The lowest BCUT2D eigenvalue weighted by Gasteiger charge is -2.40. The summed E-state index contributed by atoms with van der Waals surface area (Å²) in [7, 11) is -2.11. The van der Waals surface area contributed by atoms with Crippen molar-refractivity contribution in [1.29, 1.82) is 0 Å². The van der Waals surface area contributed by atoms with Crippen LogP contribution in [0.4, 0.5) is 0 Å². The Balaban J connectivity index is 1.61. The molecule has 0 N–H and O–H groups in total.